The number of rotatable bonds is 5. The predicted molar refractivity (Wildman–Crippen MR) is 76.5 cm³/mol. The number of hydrogen-bond donors (Lipinski definition) is 1. The fourth-order valence-corrected chi connectivity index (χ4v) is 3.84. The van der Waals surface area contributed by atoms with Crippen LogP contribution in [0.2, 0.25) is 0 Å². The van der Waals surface area contributed by atoms with Gasteiger partial charge < -0.3 is 14.6 Å². The zero-order chi connectivity index (χ0) is 15.6. The highest BCUT2D eigenvalue weighted by Gasteiger charge is 2.32. The van der Waals surface area contributed by atoms with E-state index in [0.717, 1.165) is 0 Å². The van der Waals surface area contributed by atoms with Crippen molar-refractivity contribution >= 4 is 21.7 Å². The molecule has 0 spiro atoms. The van der Waals surface area contributed by atoms with Crippen LogP contribution in [0.4, 0.5) is 5.69 Å². The van der Waals surface area contributed by atoms with Crippen molar-refractivity contribution in [2.75, 3.05) is 30.3 Å². The van der Waals surface area contributed by atoms with Crippen molar-refractivity contribution in [1.29, 1.82) is 0 Å². The molecular formula is C13H17NO6S. The molecule has 0 saturated carbocycles. The third-order valence-electron chi connectivity index (χ3n) is 3.22. The Labute approximate surface area is 123 Å². The first-order chi connectivity index (χ1) is 9.86. The lowest BCUT2D eigenvalue weighted by atomic mass is 10.1. The number of methoxy groups -OCH3 is 1. The van der Waals surface area contributed by atoms with Crippen LogP contribution in [0.1, 0.15) is 17.3 Å². The second kappa shape index (κ2) is 5.90. The van der Waals surface area contributed by atoms with Gasteiger partial charge in [-0.1, -0.05) is 6.07 Å². The van der Waals surface area contributed by atoms with E-state index in [1.807, 2.05) is 0 Å². The zero-order valence-electron chi connectivity index (χ0n) is 11.8. The molecule has 0 radical (unpaired) electrons. The van der Waals surface area contributed by atoms with E-state index < -0.39 is 22.1 Å². The van der Waals surface area contributed by atoms with Crippen LogP contribution in [0.25, 0.3) is 0 Å². The molecule has 0 saturated heterocycles. The van der Waals surface area contributed by atoms with Gasteiger partial charge in [-0.05, 0) is 19.1 Å². The Balaban J connectivity index is 2.43. The van der Waals surface area contributed by atoms with E-state index in [0.29, 0.717) is 0 Å². The average Bonchev–Trinajstić information content (AvgIpc) is 2.45. The number of anilines is 1. The van der Waals surface area contributed by atoms with Gasteiger partial charge in [0.25, 0.3) is 0 Å². The molecule has 1 heterocycles. The molecule has 1 aromatic carbocycles. The molecule has 1 aliphatic heterocycles. The molecule has 0 aromatic heterocycles. The van der Waals surface area contributed by atoms with Crippen LogP contribution >= 0.6 is 0 Å². The number of sulfonamides is 1. The van der Waals surface area contributed by atoms with E-state index >= 15 is 0 Å². The highest BCUT2D eigenvalue weighted by molar-refractivity contribution is 7.92. The van der Waals surface area contributed by atoms with E-state index in [-0.39, 0.29) is 35.9 Å². The zero-order valence-corrected chi connectivity index (χ0v) is 12.6. The Bertz CT molecular complexity index is 642. The lowest BCUT2D eigenvalue weighted by Crippen LogP contribution is -2.41. The Morgan fingerprint density at radius 3 is 2.86 bits per heavy atom. The minimum Gasteiger partial charge on any atom is -0.489 e. The molecule has 2 rings (SSSR count). The largest absolute Gasteiger partial charge is 0.489 e. The number of benzene rings is 1. The van der Waals surface area contributed by atoms with Crippen molar-refractivity contribution < 1.29 is 27.8 Å². The third-order valence-corrected chi connectivity index (χ3v) is 5.16. The fourth-order valence-electron chi connectivity index (χ4n) is 2.14. The molecule has 116 valence electrons. The minimum absolute atomic E-state index is 0.0489. The molecule has 1 aromatic rings. The molecule has 0 fully saturated rings. The van der Waals surface area contributed by atoms with Crippen LogP contribution in [-0.2, 0) is 14.8 Å². The first-order valence-electron chi connectivity index (χ1n) is 6.39. The van der Waals surface area contributed by atoms with Crippen molar-refractivity contribution in [3.8, 4) is 5.75 Å². The van der Waals surface area contributed by atoms with E-state index in [2.05, 4.69) is 0 Å². The number of carboxylic acids is 1. The number of carbonyl (C=O) groups is 1. The first kappa shape index (κ1) is 15.6. The van der Waals surface area contributed by atoms with Gasteiger partial charge in [0.2, 0.25) is 10.0 Å². The maximum atomic E-state index is 12.4. The summed E-state index contributed by atoms with van der Waals surface area (Å²) in [5.41, 5.74) is 0.205. The van der Waals surface area contributed by atoms with Crippen molar-refractivity contribution in [3.05, 3.63) is 23.8 Å². The topological polar surface area (TPSA) is 93.1 Å². The van der Waals surface area contributed by atoms with Gasteiger partial charge in [-0.25, -0.2) is 13.2 Å². The monoisotopic (exact) mass is 315 g/mol. The maximum absolute atomic E-state index is 12.4. The van der Waals surface area contributed by atoms with Gasteiger partial charge >= 0.3 is 5.97 Å². The lowest BCUT2D eigenvalue weighted by Gasteiger charge is -2.31. The van der Waals surface area contributed by atoms with Crippen LogP contribution in [0.5, 0.6) is 5.75 Å². The summed E-state index contributed by atoms with van der Waals surface area (Å²) in [6.45, 7) is 1.92. The highest BCUT2D eigenvalue weighted by Crippen LogP contribution is 2.36. The smallest absolute Gasteiger partial charge is 0.339 e. The molecule has 0 amide bonds. The number of hydrogen-bond acceptors (Lipinski definition) is 5. The highest BCUT2D eigenvalue weighted by atomic mass is 32.2. The Kier molecular flexibility index (Phi) is 4.38. The Hall–Kier alpha value is -1.80. The second-order valence-corrected chi connectivity index (χ2v) is 6.64. The molecule has 1 atom stereocenters. The number of fused-ring (bicyclic) bond motifs is 1. The summed E-state index contributed by atoms with van der Waals surface area (Å²) >= 11 is 0. The summed E-state index contributed by atoms with van der Waals surface area (Å²) < 4.78 is 36.4. The van der Waals surface area contributed by atoms with Crippen molar-refractivity contribution in [2.24, 2.45) is 0 Å². The molecule has 21 heavy (non-hydrogen) atoms. The van der Waals surface area contributed by atoms with Crippen LogP contribution < -0.4 is 9.04 Å². The molecule has 7 nitrogen and oxygen atoms in total. The van der Waals surface area contributed by atoms with Gasteiger partial charge in [0.05, 0.1) is 24.1 Å². The summed E-state index contributed by atoms with van der Waals surface area (Å²) in [6, 6.07) is 4.42. The average molecular weight is 315 g/mol. The second-order valence-electron chi connectivity index (χ2n) is 4.70. The van der Waals surface area contributed by atoms with E-state index in [1.165, 1.54) is 29.6 Å². The van der Waals surface area contributed by atoms with E-state index in [1.54, 1.807) is 6.92 Å². The van der Waals surface area contributed by atoms with Crippen LogP contribution in [0.3, 0.4) is 0 Å². The van der Waals surface area contributed by atoms with Crippen molar-refractivity contribution in [2.45, 2.75) is 13.0 Å². The molecule has 0 aliphatic carbocycles. The maximum Gasteiger partial charge on any atom is 0.339 e. The van der Waals surface area contributed by atoms with E-state index in [9.17, 15) is 13.2 Å². The van der Waals surface area contributed by atoms with Crippen LogP contribution in [-0.4, -0.2) is 51.6 Å². The van der Waals surface area contributed by atoms with Gasteiger partial charge in [0.1, 0.15) is 12.2 Å². The summed E-state index contributed by atoms with van der Waals surface area (Å²) in [5.74, 6) is -1.25. The molecule has 8 heteroatoms. The summed E-state index contributed by atoms with van der Waals surface area (Å²) in [7, 11) is -2.17. The standard InChI is InChI=1S/C13H17NO6S/c1-9(19-2)8-21(17,18)14-6-7-20-12-10(13(15)16)4-3-5-11(12)14/h3-5,9H,6-8H2,1-2H3,(H,15,16). The number of nitrogens with zero attached hydrogens (tertiary/aromatic N) is 1. The molecule has 0 bridgehead atoms. The quantitative estimate of drug-likeness (QED) is 0.869. The molecule has 1 unspecified atom stereocenters. The number of carboxylic acid groups (broad SMARTS) is 1. The lowest BCUT2D eigenvalue weighted by molar-refractivity contribution is 0.0692. The number of ether oxygens (including phenoxy) is 2. The molecule has 1 aliphatic rings. The summed E-state index contributed by atoms with van der Waals surface area (Å²) in [6.07, 6.45) is -0.455. The van der Waals surface area contributed by atoms with Crippen LogP contribution in [0, 0.1) is 0 Å². The Morgan fingerprint density at radius 2 is 2.24 bits per heavy atom. The van der Waals surface area contributed by atoms with E-state index in [4.69, 9.17) is 14.6 Å². The SMILES string of the molecule is COC(C)CS(=O)(=O)N1CCOc2c(C(=O)O)cccc21. The Morgan fingerprint density at radius 1 is 1.52 bits per heavy atom. The summed E-state index contributed by atoms with van der Waals surface area (Å²) in [4.78, 5) is 11.2. The minimum atomic E-state index is -3.62. The number of aromatic carboxylic acids is 1. The van der Waals surface area contributed by atoms with Gasteiger partial charge in [-0.3, -0.25) is 4.31 Å². The van der Waals surface area contributed by atoms with Crippen molar-refractivity contribution in [1.82, 2.24) is 0 Å². The van der Waals surface area contributed by atoms with Crippen molar-refractivity contribution in [3.63, 3.8) is 0 Å². The normalized spacial score (nSPS) is 16.0. The first-order valence-corrected chi connectivity index (χ1v) is 8.00. The van der Waals surface area contributed by atoms with Gasteiger partial charge in [-0.2, -0.15) is 0 Å². The molecular weight excluding hydrogens is 298 g/mol. The number of para-hydroxylation sites is 1. The fraction of sp³-hybridized carbons (Fsp3) is 0.462. The summed E-state index contributed by atoms with van der Waals surface area (Å²) in [5, 5.41) is 9.15. The van der Waals surface area contributed by atoms with Crippen LogP contribution in [0.15, 0.2) is 18.2 Å². The van der Waals surface area contributed by atoms with Gasteiger partial charge in [0, 0.05) is 7.11 Å². The predicted octanol–water partition coefficient (Wildman–Crippen LogP) is 0.948. The van der Waals surface area contributed by atoms with Gasteiger partial charge in [-0.15, -0.1) is 0 Å². The third kappa shape index (κ3) is 3.11. The molecule has 1 N–H and O–H groups in total. The van der Waals surface area contributed by atoms with Gasteiger partial charge in [0.15, 0.2) is 5.75 Å².